The van der Waals surface area contributed by atoms with Crippen LogP contribution in [0.15, 0.2) is 41.4 Å². The summed E-state index contributed by atoms with van der Waals surface area (Å²) in [5, 5.41) is 4.21. The molecule has 0 saturated heterocycles. The van der Waals surface area contributed by atoms with Gasteiger partial charge >= 0.3 is 0 Å². The molecule has 1 aromatic heterocycles. The number of rotatable bonds is 4. The Morgan fingerprint density at radius 2 is 1.90 bits per heavy atom. The number of aromatic nitrogens is 1. The van der Waals surface area contributed by atoms with Crippen LogP contribution in [0.1, 0.15) is 50.4 Å². The lowest BCUT2D eigenvalue weighted by Crippen LogP contribution is -2.27. The topological polar surface area (TPSA) is 75.7 Å². The van der Waals surface area contributed by atoms with Gasteiger partial charge in [-0.25, -0.2) is 0 Å². The molecule has 0 radical (unpaired) electrons. The third kappa shape index (κ3) is 3.26. The Balaban J connectivity index is 1.46. The second-order valence-electron chi connectivity index (χ2n) is 9.42. The second-order valence-corrected chi connectivity index (χ2v) is 9.42. The highest BCUT2D eigenvalue weighted by Gasteiger charge is 2.51. The van der Waals surface area contributed by atoms with Gasteiger partial charge in [0.15, 0.2) is 11.5 Å². The molecule has 2 aromatic carbocycles. The molecule has 5 rings (SSSR count). The Morgan fingerprint density at radius 1 is 1.13 bits per heavy atom. The Kier molecular flexibility index (Phi) is 4.36. The lowest BCUT2D eigenvalue weighted by atomic mass is 9.89. The SMILES string of the molecule is C/N=C/c1c(C(C)(C)C)[nH]c2ccc(NC(=O)C3(c4ccc5c(c4)OCO5)CC3)cc12. The van der Waals surface area contributed by atoms with E-state index in [9.17, 15) is 4.79 Å². The minimum atomic E-state index is -0.502. The Bertz CT molecular complexity index is 1210. The van der Waals surface area contributed by atoms with Crippen molar-refractivity contribution in [3.63, 3.8) is 0 Å². The number of nitrogens with one attached hydrogen (secondary N) is 2. The van der Waals surface area contributed by atoms with Gasteiger partial charge in [0.05, 0.1) is 5.41 Å². The van der Waals surface area contributed by atoms with Crippen molar-refractivity contribution in [2.75, 3.05) is 19.2 Å². The molecule has 6 nitrogen and oxygen atoms in total. The summed E-state index contributed by atoms with van der Waals surface area (Å²) in [7, 11) is 1.78. The number of H-pyrrole nitrogens is 1. The first-order valence-corrected chi connectivity index (χ1v) is 10.6. The molecular formula is C25H27N3O3. The number of ether oxygens (including phenoxy) is 2. The number of hydrogen-bond donors (Lipinski definition) is 2. The van der Waals surface area contributed by atoms with E-state index in [0.29, 0.717) is 5.75 Å². The molecule has 0 bridgehead atoms. The summed E-state index contributed by atoms with van der Waals surface area (Å²) in [5.41, 5.74) is 4.46. The maximum atomic E-state index is 13.3. The van der Waals surface area contributed by atoms with Crippen LogP contribution in [0.3, 0.4) is 0 Å². The van der Waals surface area contributed by atoms with Crippen molar-refractivity contribution >= 4 is 28.7 Å². The molecule has 3 aromatic rings. The lowest BCUT2D eigenvalue weighted by molar-refractivity contribution is -0.118. The van der Waals surface area contributed by atoms with E-state index in [4.69, 9.17) is 9.47 Å². The van der Waals surface area contributed by atoms with E-state index in [-0.39, 0.29) is 18.1 Å². The van der Waals surface area contributed by atoms with Crippen molar-refractivity contribution in [3.8, 4) is 11.5 Å². The molecule has 1 saturated carbocycles. The van der Waals surface area contributed by atoms with Crippen LogP contribution in [0.4, 0.5) is 5.69 Å². The van der Waals surface area contributed by atoms with Crippen LogP contribution in [-0.4, -0.2) is 30.9 Å². The molecule has 0 atom stereocenters. The number of carbonyl (C=O) groups excluding carboxylic acids is 1. The van der Waals surface area contributed by atoms with Crippen molar-refractivity contribution in [1.82, 2.24) is 4.98 Å². The van der Waals surface area contributed by atoms with Gasteiger partial charge in [0.1, 0.15) is 0 Å². The zero-order chi connectivity index (χ0) is 21.8. The van der Waals surface area contributed by atoms with Crippen molar-refractivity contribution in [3.05, 3.63) is 53.2 Å². The molecule has 2 N–H and O–H groups in total. The highest BCUT2D eigenvalue weighted by molar-refractivity contribution is 6.05. The minimum absolute atomic E-state index is 0.0167. The number of aliphatic imine (C=N–C) groups is 1. The van der Waals surface area contributed by atoms with Crippen LogP contribution in [0.5, 0.6) is 11.5 Å². The van der Waals surface area contributed by atoms with Crippen LogP contribution in [-0.2, 0) is 15.6 Å². The van der Waals surface area contributed by atoms with E-state index >= 15 is 0 Å². The van der Waals surface area contributed by atoms with Crippen molar-refractivity contribution in [2.24, 2.45) is 4.99 Å². The Hall–Kier alpha value is -3.28. The average molecular weight is 418 g/mol. The number of aromatic amines is 1. The predicted octanol–water partition coefficient (Wildman–Crippen LogP) is 4.91. The van der Waals surface area contributed by atoms with Gasteiger partial charge in [-0.15, -0.1) is 0 Å². The summed E-state index contributed by atoms with van der Waals surface area (Å²) in [6, 6.07) is 11.8. The number of anilines is 1. The number of amides is 1. The maximum absolute atomic E-state index is 13.3. The molecular weight excluding hydrogens is 390 g/mol. The molecule has 1 amide bonds. The van der Waals surface area contributed by atoms with E-state index in [1.165, 1.54) is 0 Å². The maximum Gasteiger partial charge on any atom is 0.235 e. The number of nitrogens with zero attached hydrogens (tertiary/aromatic N) is 1. The van der Waals surface area contributed by atoms with Crippen LogP contribution < -0.4 is 14.8 Å². The first-order valence-electron chi connectivity index (χ1n) is 10.6. The standard InChI is InChI=1S/C25H27N3O3/c1-24(2,3)22-18(13-26-4)17-12-16(6-7-19(17)28-22)27-23(29)25(9-10-25)15-5-8-20-21(11-15)31-14-30-20/h5-8,11-13,28H,9-10,14H2,1-4H3,(H,27,29)/b26-13+. The summed E-state index contributed by atoms with van der Waals surface area (Å²) in [5.74, 6) is 1.46. The molecule has 1 aliphatic heterocycles. The largest absolute Gasteiger partial charge is 0.454 e. The summed E-state index contributed by atoms with van der Waals surface area (Å²) < 4.78 is 10.9. The Labute approximate surface area is 181 Å². The van der Waals surface area contributed by atoms with E-state index < -0.39 is 5.41 Å². The average Bonchev–Trinajstić information content (AvgIpc) is 3.27. The molecule has 6 heteroatoms. The van der Waals surface area contributed by atoms with Crippen molar-refractivity contribution in [2.45, 2.75) is 44.4 Å². The fourth-order valence-electron chi connectivity index (χ4n) is 4.36. The summed E-state index contributed by atoms with van der Waals surface area (Å²) in [6.45, 7) is 6.76. The van der Waals surface area contributed by atoms with Crippen LogP contribution >= 0.6 is 0 Å². The van der Waals surface area contributed by atoms with E-state index in [1.54, 1.807) is 7.05 Å². The molecule has 160 valence electrons. The molecule has 2 heterocycles. The summed E-state index contributed by atoms with van der Waals surface area (Å²) >= 11 is 0. The van der Waals surface area contributed by atoms with Crippen LogP contribution in [0.25, 0.3) is 10.9 Å². The second kappa shape index (κ2) is 6.87. The molecule has 1 fully saturated rings. The van der Waals surface area contributed by atoms with Gasteiger partial charge < -0.3 is 19.8 Å². The smallest absolute Gasteiger partial charge is 0.235 e. The molecule has 31 heavy (non-hydrogen) atoms. The molecule has 0 unspecified atom stereocenters. The molecule has 0 spiro atoms. The van der Waals surface area contributed by atoms with E-state index in [1.807, 2.05) is 42.6 Å². The predicted molar refractivity (Wildman–Crippen MR) is 123 cm³/mol. The van der Waals surface area contributed by atoms with Crippen LogP contribution in [0, 0.1) is 0 Å². The third-order valence-electron chi connectivity index (χ3n) is 6.21. The van der Waals surface area contributed by atoms with E-state index in [2.05, 4.69) is 36.1 Å². The number of carbonyl (C=O) groups is 1. The summed E-state index contributed by atoms with van der Waals surface area (Å²) in [4.78, 5) is 21.1. The Morgan fingerprint density at radius 3 is 2.61 bits per heavy atom. The van der Waals surface area contributed by atoms with Crippen LogP contribution in [0.2, 0.25) is 0 Å². The van der Waals surface area contributed by atoms with Gasteiger partial charge in [-0.3, -0.25) is 9.79 Å². The fraction of sp³-hybridized carbons (Fsp3) is 0.360. The van der Waals surface area contributed by atoms with Crippen molar-refractivity contribution in [1.29, 1.82) is 0 Å². The molecule has 1 aliphatic carbocycles. The van der Waals surface area contributed by atoms with Gasteiger partial charge in [0, 0.05) is 46.5 Å². The van der Waals surface area contributed by atoms with Gasteiger partial charge in [0.2, 0.25) is 12.7 Å². The zero-order valence-electron chi connectivity index (χ0n) is 18.3. The fourth-order valence-corrected chi connectivity index (χ4v) is 4.36. The molecule has 2 aliphatic rings. The normalized spacial score (nSPS) is 16.8. The van der Waals surface area contributed by atoms with E-state index in [0.717, 1.165) is 52.0 Å². The lowest BCUT2D eigenvalue weighted by Gasteiger charge is -2.18. The highest BCUT2D eigenvalue weighted by Crippen LogP contribution is 2.51. The van der Waals surface area contributed by atoms with Gasteiger partial charge in [-0.2, -0.15) is 0 Å². The number of hydrogen-bond acceptors (Lipinski definition) is 4. The van der Waals surface area contributed by atoms with Gasteiger partial charge in [0.25, 0.3) is 0 Å². The first-order chi connectivity index (χ1) is 14.8. The number of fused-ring (bicyclic) bond motifs is 2. The quantitative estimate of drug-likeness (QED) is 0.592. The zero-order valence-corrected chi connectivity index (χ0v) is 18.3. The minimum Gasteiger partial charge on any atom is -0.454 e. The van der Waals surface area contributed by atoms with Crippen molar-refractivity contribution < 1.29 is 14.3 Å². The number of benzene rings is 2. The highest BCUT2D eigenvalue weighted by atomic mass is 16.7. The summed E-state index contributed by atoms with van der Waals surface area (Å²) in [6.07, 6.45) is 3.54. The third-order valence-corrected chi connectivity index (χ3v) is 6.21. The van der Waals surface area contributed by atoms with Gasteiger partial charge in [-0.05, 0) is 48.7 Å². The first kappa shape index (κ1) is 19.7. The van der Waals surface area contributed by atoms with Gasteiger partial charge in [-0.1, -0.05) is 26.8 Å². The monoisotopic (exact) mass is 417 g/mol.